The molecule has 2 N–H and O–H groups in total. The summed E-state index contributed by atoms with van der Waals surface area (Å²) in [5, 5.41) is 33.9. The summed E-state index contributed by atoms with van der Waals surface area (Å²) in [6, 6.07) is 9.24. The van der Waals surface area contributed by atoms with Gasteiger partial charge in [0, 0.05) is 37.8 Å². The molecule has 3 rings (SSSR count). The Labute approximate surface area is 222 Å². The summed E-state index contributed by atoms with van der Waals surface area (Å²) in [6.07, 6.45) is 1.55. The van der Waals surface area contributed by atoms with Crippen molar-refractivity contribution in [2.75, 3.05) is 32.6 Å². The van der Waals surface area contributed by atoms with Gasteiger partial charge >= 0.3 is 6.09 Å². The first kappa shape index (κ1) is 28.9. The van der Waals surface area contributed by atoms with Gasteiger partial charge in [0.1, 0.15) is 16.6 Å². The molecule has 0 atom stereocenters. The highest BCUT2D eigenvalue weighted by atomic mass is 32.2. The van der Waals surface area contributed by atoms with Crippen molar-refractivity contribution in [1.29, 1.82) is 0 Å². The Morgan fingerprint density at radius 1 is 1.15 bits per heavy atom. The number of sulfone groups is 1. The fourth-order valence-corrected chi connectivity index (χ4v) is 4.93. The smallest absolute Gasteiger partial charge is 0.413 e. The number of likely N-dealkylation sites (N-methyl/N-ethyl adjacent to an activating group) is 1. The summed E-state index contributed by atoms with van der Waals surface area (Å²) in [5.41, 5.74) is -0.0741. The minimum absolute atomic E-state index is 0.0452. The van der Waals surface area contributed by atoms with Crippen LogP contribution in [0.3, 0.4) is 0 Å². The largest absolute Gasteiger partial charge is 0.465 e. The Morgan fingerprint density at radius 3 is 2.46 bits per heavy atom. The minimum atomic E-state index is -4.20. The van der Waals surface area contributed by atoms with Crippen LogP contribution in [-0.4, -0.2) is 83.6 Å². The van der Waals surface area contributed by atoms with Gasteiger partial charge < -0.3 is 10.0 Å². The summed E-state index contributed by atoms with van der Waals surface area (Å²) < 4.78 is 25.1. The van der Waals surface area contributed by atoms with E-state index in [-0.39, 0.29) is 19.0 Å². The van der Waals surface area contributed by atoms with Crippen molar-refractivity contribution in [3.05, 3.63) is 86.0 Å². The highest BCUT2D eigenvalue weighted by Gasteiger charge is 2.28. The van der Waals surface area contributed by atoms with Crippen molar-refractivity contribution < 1.29 is 33.0 Å². The van der Waals surface area contributed by atoms with E-state index in [2.05, 4.69) is 10.3 Å². The van der Waals surface area contributed by atoms with Crippen LogP contribution in [0.15, 0.2) is 64.5 Å². The number of rotatable bonds is 11. The Morgan fingerprint density at radius 2 is 1.85 bits per heavy atom. The van der Waals surface area contributed by atoms with Crippen LogP contribution in [0, 0.1) is 20.2 Å². The first-order valence-corrected chi connectivity index (χ1v) is 13.0. The number of nitro benzene ring substituents is 2. The molecule has 39 heavy (non-hydrogen) atoms. The SMILES string of the molecule is CN(Cc1ccc(C2=NCCN2C(=O)O)cc1)C(=O)C=CCNCS(=O)(=O)c1ccc([N+](=O)[O-])cc1[N+](=O)[O-]. The van der Waals surface area contributed by atoms with E-state index in [1.165, 1.54) is 22.0 Å². The Bertz CT molecular complexity index is 1450. The maximum Gasteiger partial charge on any atom is 0.413 e. The number of carbonyl (C=O) groups excluding carboxylic acids is 1. The summed E-state index contributed by atoms with van der Waals surface area (Å²) in [4.78, 5) is 50.0. The van der Waals surface area contributed by atoms with Gasteiger partial charge in [-0.3, -0.25) is 40.2 Å². The molecule has 0 bridgehead atoms. The zero-order valence-electron chi connectivity index (χ0n) is 20.6. The van der Waals surface area contributed by atoms with E-state index >= 15 is 0 Å². The predicted octanol–water partition coefficient (Wildman–Crippen LogP) is 1.78. The van der Waals surface area contributed by atoms with Crippen molar-refractivity contribution in [2.45, 2.75) is 11.4 Å². The normalized spacial score (nSPS) is 13.4. The number of amidine groups is 1. The van der Waals surface area contributed by atoms with Gasteiger partial charge in [0.05, 0.1) is 29.0 Å². The van der Waals surface area contributed by atoms with Gasteiger partial charge in [0.15, 0.2) is 9.84 Å². The molecule has 2 amide bonds. The molecule has 1 heterocycles. The van der Waals surface area contributed by atoms with Gasteiger partial charge in [0.25, 0.3) is 11.4 Å². The van der Waals surface area contributed by atoms with Crippen molar-refractivity contribution >= 4 is 39.0 Å². The fourth-order valence-electron chi connectivity index (χ4n) is 3.66. The van der Waals surface area contributed by atoms with Gasteiger partial charge in [-0.05, 0) is 11.6 Å². The number of non-ortho nitro benzene ring substituents is 1. The van der Waals surface area contributed by atoms with Crippen LogP contribution < -0.4 is 5.32 Å². The van der Waals surface area contributed by atoms with Crippen molar-refractivity contribution in [3.63, 3.8) is 0 Å². The summed E-state index contributed by atoms with van der Waals surface area (Å²) in [6.45, 7) is 0.902. The topological polar surface area (TPSA) is 206 Å². The van der Waals surface area contributed by atoms with E-state index in [0.29, 0.717) is 30.6 Å². The number of amides is 2. The average molecular weight is 561 g/mol. The third-order valence-corrected chi connectivity index (χ3v) is 7.18. The average Bonchev–Trinajstić information content (AvgIpc) is 3.39. The van der Waals surface area contributed by atoms with E-state index in [1.807, 2.05) is 0 Å². The monoisotopic (exact) mass is 560 g/mol. The molecule has 15 nitrogen and oxygen atoms in total. The van der Waals surface area contributed by atoms with Gasteiger partial charge in [-0.1, -0.05) is 30.3 Å². The van der Waals surface area contributed by atoms with Crippen molar-refractivity contribution in [2.24, 2.45) is 4.99 Å². The zero-order valence-corrected chi connectivity index (χ0v) is 21.4. The lowest BCUT2D eigenvalue weighted by molar-refractivity contribution is -0.396. The third kappa shape index (κ3) is 7.20. The highest BCUT2D eigenvalue weighted by molar-refractivity contribution is 7.91. The lowest BCUT2D eigenvalue weighted by atomic mass is 10.1. The Hall–Kier alpha value is -4.70. The summed E-state index contributed by atoms with van der Waals surface area (Å²) in [5.74, 6) is -0.692. The van der Waals surface area contributed by atoms with E-state index in [4.69, 9.17) is 0 Å². The van der Waals surface area contributed by atoms with Gasteiger partial charge in [0.2, 0.25) is 5.91 Å². The summed E-state index contributed by atoms with van der Waals surface area (Å²) >= 11 is 0. The number of benzene rings is 2. The Balaban J connectivity index is 1.52. The molecule has 0 fully saturated rings. The third-order valence-electron chi connectivity index (χ3n) is 5.58. The van der Waals surface area contributed by atoms with Crippen molar-refractivity contribution in [1.82, 2.24) is 15.1 Å². The van der Waals surface area contributed by atoms with Crippen LogP contribution in [0.1, 0.15) is 11.1 Å². The lowest BCUT2D eigenvalue weighted by Crippen LogP contribution is -2.33. The molecule has 1 aliphatic rings. The van der Waals surface area contributed by atoms with Crippen LogP contribution in [0.4, 0.5) is 16.2 Å². The second kappa shape index (κ2) is 12.2. The number of nitrogens with one attached hydrogen (secondary N) is 1. The van der Waals surface area contributed by atoms with Crippen LogP contribution in [-0.2, 0) is 21.2 Å². The van der Waals surface area contributed by atoms with E-state index < -0.39 is 47.9 Å². The first-order chi connectivity index (χ1) is 18.4. The standard InChI is InChI=1S/C23H24N6O9S/c1-26(14-16-4-6-17(7-5-16)22-25-11-12-27(22)23(31)32)21(30)3-2-10-24-15-39(37,38)20-9-8-18(28(33)34)13-19(20)29(35)36/h2-9,13,24H,10-12,14-15H2,1H3,(H,31,32). The molecule has 16 heteroatoms. The molecule has 0 spiro atoms. The van der Waals surface area contributed by atoms with Gasteiger partial charge in [-0.2, -0.15) is 0 Å². The van der Waals surface area contributed by atoms with Crippen LogP contribution in [0.5, 0.6) is 0 Å². The molecular weight excluding hydrogens is 536 g/mol. The lowest BCUT2D eigenvalue weighted by Gasteiger charge is -2.17. The van der Waals surface area contributed by atoms with Gasteiger partial charge in [-0.15, -0.1) is 0 Å². The highest BCUT2D eigenvalue weighted by Crippen LogP contribution is 2.28. The molecular formula is C23H24N6O9S. The van der Waals surface area contributed by atoms with Gasteiger partial charge in [-0.25, -0.2) is 13.2 Å². The number of carbonyl (C=O) groups is 2. The number of carboxylic acid groups (broad SMARTS) is 1. The van der Waals surface area contributed by atoms with Crippen LogP contribution in [0.25, 0.3) is 0 Å². The molecule has 1 aliphatic heterocycles. The molecule has 0 unspecified atom stereocenters. The van der Waals surface area contributed by atoms with Crippen molar-refractivity contribution in [3.8, 4) is 0 Å². The Kier molecular flexibility index (Phi) is 9.05. The maximum absolute atomic E-state index is 12.5. The fraction of sp³-hybridized carbons (Fsp3) is 0.261. The predicted molar refractivity (Wildman–Crippen MR) is 138 cm³/mol. The molecule has 0 aliphatic carbocycles. The molecule has 2 aromatic rings. The maximum atomic E-state index is 12.5. The zero-order chi connectivity index (χ0) is 28.7. The number of nitrogens with zero attached hydrogens (tertiary/aromatic N) is 5. The second-order valence-electron chi connectivity index (χ2n) is 8.31. The molecule has 0 radical (unpaired) electrons. The minimum Gasteiger partial charge on any atom is -0.465 e. The molecule has 2 aromatic carbocycles. The number of hydrogen-bond acceptors (Lipinski definition) is 10. The van der Waals surface area contributed by atoms with Crippen LogP contribution in [0.2, 0.25) is 0 Å². The van der Waals surface area contributed by atoms with E-state index in [9.17, 15) is 43.3 Å². The number of hydrogen-bond donors (Lipinski definition) is 2. The quantitative estimate of drug-likeness (QED) is 0.176. The summed E-state index contributed by atoms with van der Waals surface area (Å²) in [7, 11) is -2.63. The first-order valence-electron chi connectivity index (χ1n) is 11.3. The number of nitro groups is 2. The van der Waals surface area contributed by atoms with Crippen LogP contribution >= 0.6 is 0 Å². The molecule has 206 valence electrons. The van der Waals surface area contributed by atoms with E-state index in [0.717, 1.165) is 17.7 Å². The van der Waals surface area contributed by atoms with E-state index in [1.54, 1.807) is 31.3 Å². The molecule has 0 saturated heterocycles. The molecule has 0 saturated carbocycles. The second-order valence-corrected chi connectivity index (χ2v) is 10.3. The molecule has 0 aromatic heterocycles. The number of aliphatic imine (C=N–C) groups is 1.